The van der Waals surface area contributed by atoms with Gasteiger partial charge in [0.15, 0.2) is 0 Å². The zero-order valence-corrected chi connectivity index (χ0v) is 11.9. The van der Waals surface area contributed by atoms with Gasteiger partial charge in [-0.1, -0.05) is 6.07 Å². The zero-order valence-electron chi connectivity index (χ0n) is 11.9. The number of H-pyrrole nitrogens is 1. The van der Waals surface area contributed by atoms with E-state index < -0.39 is 0 Å². The fraction of sp³-hybridized carbons (Fsp3) is 0.333. The molecule has 0 atom stereocenters. The fourth-order valence-corrected chi connectivity index (χ4v) is 2.12. The Balaban J connectivity index is 2.76. The molecule has 0 radical (unpaired) electrons. The van der Waals surface area contributed by atoms with Crippen LogP contribution in [0.2, 0.25) is 0 Å². The van der Waals surface area contributed by atoms with Gasteiger partial charge in [-0.25, -0.2) is 5.10 Å². The Hall–Kier alpha value is -2.10. The highest BCUT2D eigenvalue weighted by atomic mass is 16.5. The van der Waals surface area contributed by atoms with Crippen LogP contribution in [0.5, 0.6) is 5.75 Å². The molecule has 1 aromatic heterocycles. The molecule has 4 nitrogen and oxygen atoms in total. The molecule has 2 rings (SSSR count). The van der Waals surface area contributed by atoms with Crippen LogP contribution in [0.1, 0.15) is 22.3 Å². The van der Waals surface area contributed by atoms with Gasteiger partial charge in [-0.15, -0.1) is 0 Å². The molecule has 1 aromatic carbocycles. The summed E-state index contributed by atoms with van der Waals surface area (Å²) >= 11 is 0. The van der Waals surface area contributed by atoms with E-state index in [4.69, 9.17) is 4.74 Å². The SMILES string of the molecule is COc1c(-c2n[nH]c(=O)c(C)c2C)ccc(C)c1C. The normalized spacial score (nSPS) is 10.6. The zero-order chi connectivity index (χ0) is 14.2. The lowest BCUT2D eigenvalue weighted by atomic mass is 9.98. The topological polar surface area (TPSA) is 55.0 Å². The molecule has 0 amide bonds. The van der Waals surface area contributed by atoms with Gasteiger partial charge in [-0.3, -0.25) is 4.79 Å². The Bertz CT molecular complexity index is 687. The van der Waals surface area contributed by atoms with Gasteiger partial charge >= 0.3 is 0 Å². The first-order valence-corrected chi connectivity index (χ1v) is 6.17. The van der Waals surface area contributed by atoms with Gasteiger partial charge in [0.05, 0.1) is 12.8 Å². The van der Waals surface area contributed by atoms with E-state index in [-0.39, 0.29) is 5.56 Å². The van der Waals surface area contributed by atoms with Crippen LogP contribution in [0.15, 0.2) is 16.9 Å². The summed E-state index contributed by atoms with van der Waals surface area (Å²) in [5.41, 5.74) is 5.34. The van der Waals surface area contributed by atoms with Crippen molar-refractivity contribution in [2.45, 2.75) is 27.7 Å². The van der Waals surface area contributed by atoms with Crippen LogP contribution < -0.4 is 10.3 Å². The first kappa shape index (κ1) is 13.3. The van der Waals surface area contributed by atoms with Gasteiger partial charge in [-0.05, 0) is 50.5 Å². The van der Waals surface area contributed by atoms with Crippen LogP contribution in [0.4, 0.5) is 0 Å². The highest BCUT2D eigenvalue weighted by Crippen LogP contribution is 2.34. The third kappa shape index (κ3) is 2.14. The minimum atomic E-state index is -0.149. The average molecular weight is 258 g/mol. The second-order valence-electron chi connectivity index (χ2n) is 4.74. The first-order valence-electron chi connectivity index (χ1n) is 6.17. The number of nitrogens with one attached hydrogen (secondary N) is 1. The Morgan fingerprint density at radius 3 is 2.37 bits per heavy atom. The largest absolute Gasteiger partial charge is 0.496 e. The minimum Gasteiger partial charge on any atom is -0.496 e. The predicted molar refractivity (Wildman–Crippen MR) is 75.8 cm³/mol. The molecule has 0 bridgehead atoms. The molecular weight excluding hydrogens is 240 g/mol. The average Bonchev–Trinajstić information content (AvgIpc) is 2.40. The molecule has 0 aliphatic heterocycles. The quantitative estimate of drug-likeness (QED) is 0.901. The molecular formula is C15H18N2O2. The molecule has 0 aliphatic rings. The number of aromatic nitrogens is 2. The number of aryl methyl sites for hydroxylation is 1. The van der Waals surface area contributed by atoms with E-state index in [1.165, 1.54) is 5.56 Å². The molecule has 1 heterocycles. The summed E-state index contributed by atoms with van der Waals surface area (Å²) in [6.07, 6.45) is 0. The minimum absolute atomic E-state index is 0.149. The summed E-state index contributed by atoms with van der Waals surface area (Å²) in [6, 6.07) is 4.02. The van der Waals surface area contributed by atoms with Crippen LogP contribution in [0, 0.1) is 27.7 Å². The first-order chi connectivity index (χ1) is 8.97. The van der Waals surface area contributed by atoms with Gasteiger partial charge < -0.3 is 4.74 Å². The van der Waals surface area contributed by atoms with E-state index in [1.54, 1.807) is 14.0 Å². The molecule has 0 spiro atoms. The van der Waals surface area contributed by atoms with Gasteiger partial charge in [0.2, 0.25) is 0 Å². The molecule has 4 heteroatoms. The Morgan fingerprint density at radius 1 is 1.05 bits per heavy atom. The van der Waals surface area contributed by atoms with E-state index >= 15 is 0 Å². The molecule has 0 fully saturated rings. The van der Waals surface area contributed by atoms with Crippen molar-refractivity contribution < 1.29 is 4.74 Å². The molecule has 0 saturated carbocycles. The Morgan fingerprint density at radius 2 is 1.74 bits per heavy atom. The van der Waals surface area contributed by atoms with Gasteiger partial charge in [0, 0.05) is 11.1 Å². The van der Waals surface area contributed by atoms with Crippen molar-refractivity contribution in [3.05, 3.63) is 44.7 Å². The molecule has 1 N–H and O–H groups in total. The second-order valence-corrected chi connectivity index (χ2v) is 4.74. The molecule has 0 unspecified atom stereocenters. The van der Waals surface area contributed by atoms with Crippen LogP contribution >= 0.6 is 0 Å². The van der Waals surface area contributed by atoms with Crippen LogP contribution in [-0.2, 0) is 0 Å². The number of ether oxygens (including phenoxy) is 1. The predicted octanol–water partition coefficient (Wildman–Crippen LogP) is 2.68. The third-order valence-corrected chi connectivity index (χ3v) is 3.66. The summed E-state index contributed by atoms with van der Waals surface area (Å²) in [7, 11) is 1.65. The summed E-state index contributed by atoms with van der Waals surface area (Å²) in [5, 5.41) is 6.70. The monoisotopic (exact) mass is 258 g/mol. The lowest BCUT2D eigenvalue weighted by Crippen LogP contribution is -2.14. The highest BCUT2D eigenvalue weighted by Gasteiger charge is 2.15. The Labute approximate surface area is 112 Å². The molecule has 100 valence electrons. The maximum absolute atomic E-state index is 11.5. The lowest BCUT2D eigenvalue weighted by Gasteiger charge is -2.14. The summed E-state index contributed by atoms with van der Waals surface area (Å²) in [6.45, 7) is 7.76. The van der Waals surface area contributed by atoms with Crippen molar-refractivity contribution >= 4 is 0 Å². The summed E-state index contributed by atoms with van der Waals surface area (Å²) in [4.78, 5) is 11.5. The third-order valence-electron chi connectivity index (χ3n) is 3.66. The van der Waals surface area contributed by atoms with E-state index in [0.29, 0.717) is 5.56 Å². The maximum Gasteiger partial charge on any atom is 0.267 e. The number of nitrogens with zero attached hydrogens (tertiary/aromatic N) is 1. The smallest absolute Gasteiger partial charge is 0.267 e. The number of hydrogen-bond acceptors (Lipinski definition) is 3. The van der Waals surface area contributed by atoms with Crippen molar-refractivity contribution in [2.24, 2.45) is 0 Å². The molecule has 19 heavy (non-hydrogen) atoms. The fourth-order valence-electron chi connectivity index (χ4n) is 2.12. The number of benzene rings is 1. The van der Waals surface area contributed by atoms with E-state index in [0.717, 1.165) is 28.1 Å². The summed E-state index contributed by atoms with van der Waals surface area (Å²) < 4.78 is 5.50. The van der Waals surface area contributed by atoms with Crippen molar-refractivity contribution in [1.82, 2.24) is 10.2 Å². The number of aromatic amines is 1. The Kier molecular flexibility index (Phi) is 3.42. The van der Waals surface area contributed by atoms with E-state index in [1.807, 2.05) is 32.9 Å². The van der Waals surface area contributed by atoms with E-state index in [9.17, 15) is 4.79 Å². The number of rotatable bonds is 2. The van der Waals surface area contributed by atoms with E-state index in [2.05, 4.69) is 10.2 Å². The van der Waals surface area contributed by atoms with Crippen LogP contribution in [-0.4, -0.2) is 17.3 Å². The van der Waals surface area contributed by atoms with Crippen molar-refractivity contribution in [3.8, 4) is 17.0 Å². The molecule has 0 aliphatic carbocycles. The second kappa shape index (κ2) is 4.88. The van der Waals surface area contributed by atoms with Gasteiger partial charge in [-0.2, -0.15) is 5.10 Å². The standard InChI is InChI=1S/C15H18N2O2/c1-8-6-7-12(14(19-5)9(8)2)13-10(3)11(4)15(18)17-16-13/h6-7H,1-5H3,(H,17,18). The number of hydrogen-bond donors (Lipinski definition) is 1. The lowest BCUT2D eigenvalue weighted by molar-refractivity contribution is 0.412. The summed E-state index contributed by atoms with van der Waals surface area (Å²) in [5.74, 6) is 0.807. The highest BCUT2D eigenvalue weighted by molar-refractivity contribution is 5.72. The van der Waals surface area contributed by atoms with Crippen molar-refractivity contribution in [2.75, 3.05) is 7.11 Å². The van der Waals surface area contributed by atoms with Crippen molar-refractivity contribution in [3.63, 3.8) is 0 Å². The van der Waals surface area contributed by atoms with Crippen LogP contribution in [0.25, 0.3) is 11.3 Å². The van der Waals surface area contributed by atoms with Crippen molar-refractivity contribution in [1.29, 1.82) is 0 Å². The van der Waals surface area contributed by atoms with Gasteiger partial charge in [0.1, 0.15) is 5.75 Å². The number of methoxy groups -OCH3 is 1. The van der Waals surface area contributed by atoms with Gasteiger partial charge in [0.25, 0.3) is 5.56 Å². The molecule has 0 saturated heterocycles. The molecule has 2 aromatic rings. The maximum atomic E-state index is 11.5. The van der Waals surface area contributed by atoms with Crippen LogP contribution in [0.3, 0.4) is 0 Å².